The van der Waals surface area contributed by atoms with E-state index in [1.807, 2.05) is 4.90 Å². The molecule has 0 atom stereocenters. The van der Waals surface area contributed by atoms with Gasteiger partial charge in [-0.25, -0.2) is 0 Å². The lowest BCUT2D eigenvalue weighted by Crippen LogP contribution is -2.38. The second-order valence-electron chi connectivity index (χ2n) is 4.76. The van der Waals surface area contributed by atoms with Gasteiger partial charge in [0, 0.05) is 19.6 Å². The first kappa shape index (κ1) is 14.5. The van der Waals surface area contributed by atoms with Crippen molar-refractivity contribution in [3.63, 3.8) is 0 Å². The van der Waals surface area contributed by atoms with E-state index >= 15 is 0 Å². The molecule has 0 spiro atoms. The van der Waals surface area contributed by atoms with E-state index in [-0.39, 0.29) is 5.91 Å². The first-order valence-corrected chi connectivity index (χ1v) is 6.83. The van der Waals surface area contributed by atoms with Crippen LogP contribution in [-0.2, 0) is 9.53 Å². The second-order valence-corrected chi connectivity index (χ2v) is 4.76. The van der Waals surface area contributed by atoms with Gasteiger partial charge in [0.05, 0.1) is 19.6 Å². The number of nitrogens with two attached hydrogens (primary N) is 1. The van der Waals surface area contributed by atoms with E-state index in [2.05, 4.69) is 6.92 Å². The molecule has 1 aliphatic heterocycles. The van der Waals surface area contributed by atoms with Gasteiger partial charge in [-0.15, -0.1) is 0 Å². The summed E-state index contributed by atoms with van der Waals surface area (Å²) in [5.41, 5.74) is 5.31. The lowest BCUT2D eigenvalue weighted by atomic mass is 9.92. The summed E-state index contributed by atoms with van der Waals surface area (Å²) in [5, 5.41) is 0. The van der Waals surface area contributed by atoms with Gasteiger partial charge in [0.15, 0.2) is 0 Å². The molecular weight excluding hydrogens is 216 g/mol. The van der Waals surface area contributed by atoms with Crippen LogP contribution in [0.15, 0.2) is 0 Å². The number of likely N-dealkylation sites (tertiary alicyclic amines) is 1. The molecule has 0 unspecified atom stereocenters. The summed E-state index contributed by atoms with van der Waals surface area (Å²) in [6.07, 6.45) is 5.40. The van der Waals surface area contributed by atoms with E-state index in [1.165, 1.54) is 25.7 Å². The Morgan fingerprint density at radius 3 is 2.65 bits per heavy atom. The fourth-order valence-corrected chi connectivity index (χ4v) is 2.38. The Morgan fingerprint density at radius 2 is 2.06 bits per heavy atom. The highest BCUT2D eigenvalue weighted by molar-refractivity contribution is 5.76. The molecule has 17 heavy (non-hydrogen) atoms. The van der Waals surface area contributed by atoms with Crippen molar-refractivity contribution in [2.45, 2.75) is 39.0 Å². The predicted octanol–water partition coefficient (Wildman–Crippen LogP) is 1.39. The van der Waals surface area contributed by atoms with Crippen molar-refractivity contribution in [3.8, 4) is 0 Å². The van der Waals surface area contributed by atoms with Crippen molar-refractivity contribution in [3.05, 3.63) is 0 Å². The molecule has 1 heterocycles. The molecule has 4 heteroatoms. The van der Waals surface area contributed by atoms with Gasteiger partial charge in [0.2, 0.25) is 5.91 Å². The maximum Gasteiger partial charge on any atom is 0.224 e. The Balaban J connectivity index is 2.12. The lowest BCUT2D eigenvalue weighted by Gasteiger charge is -2.32. The van der Waals surface area contributed by atoms with Crippen LogP contribution in [0.3, 0.4) is 0 Å². The maximum atomic E-state index is 11.8. The SMILES string of the molecule is CCCC1CCN(C(=O)CCOCCN)CC1. The number of amides is 1. The van der Waals surface area contributed by atoms with Crippen LogP contribution in [0.2, 0.25) is 0 Å². The van der Waals surface area contributed by atoms with E-state index in [0.29, 0.717) is 26.2 Å². The van der Waals surface area contributed by atoms with Crippen LogP contribution in [0, 0.1) is 5.92 Å². The van der Waals surface area contributed by atoms with Crippen LogP contribution in [0.5, 0.6) is 0 Å². The molecule has 1 aliphatic rings. The molecule has 0 aliphatic carbocycles. The van der Waals surface area contributed by atoms with Gasteiger partial charge < -0.3 is 15.4 Å². The minimum atomic E-state index is 0.233. The summed E-state index contributed by atoms with van der Waals surface area (Å²) < 4.78 is 5.23. The average Bonchev–Trinajstić information content (AvgIpc) is 2.36. The smallest absolute Gasteiger partial charge is 0.224 e. The maximum absolute atomic E-state index is 11.8. The highest BCUT2D eigenvalue weighted by Gasteiger charge is 2.21. The highest BCUT2D eigenvalue weighted by atomic mass is 16.5. The zero-order valence-corrected chi connectivity index (χ0v) is 11.0. The largest absolute Gasteiger partial charge is 0.380 e. The van der Waals surface area contributed by atoms with E-state index < -0.39 is 0 Å². The molecule has 100 valence electrons. The first-order chi connectivity index (χ1) is 8.27. The van der Waals surface area contributed by atoms with Crippen molar-refractivity contribution in [2.75, 3.05) is 32.8 Å². The molecule has 0 aromatic carbocycles. The minimum Gasteiger partial charge on any atom is -0.380 e. The van der Waals surface area contributed by atoms with Crippen molar-refractivity contribution in [1.29, 1.82) is 0 Å². The molecule has 1 saturated heterocycles. The molecule has 0 bridgehead atoms. The minimum absolute atomic E-state index is 0.233. The predicted molar refractivity (Wildman–Crippen MR) is 68.7 cm³/mol. The first-order valence-electron chi connectivity index (χ1n) is 6.83. The van der Waals surface area contributed by atoms with E-state index in [0.717, 1.165) is 19.0 Å². The number of ether oxygens (including phenoxy) is 1. The summed E-state index contributed by atoms with van der Waals surface area (Å²) in [6, 6.07) is 0. The lowest BCUT2D eigenvalue weighted by molar-refractivity contribution is -0.133. The van der Waals surface area contributed by atoms with Gasteiger partial charge in [0.1, 0.15) is 0 Å². The topological polar surface area (TPSA) is 55.6 Å². The molecule has 1 fully saturated rings. The van der Waals surface area contributed by atoms with Crippen molar-refractivity contribution >= 4 is 5.91 Å². The quantitative estimate of drug-likeness (QED) is 0.686. The molecule has 2 N–H and O–H groups in total. The van der Waals surface area contributed by atoms with Gasteiger partial charge in [-0.2, -0.15) is 0 Å². The van der Waals surface area contributed by atoms with Gasteiger partial charge in [-0.3, -0.25) is 4.79 Å². The molecular formula is C13H26N2O2. The monoisotopic (exact) mass is 242 g/mol. The molecule has 0 aromatic rings. The molecule has 0 saturated carbocycles. The number of hydrogen-bond donors (Lipinski definition) is 1. The number of rotatable bonds is 7. The third kappa shape index (κ3) is 5.50. The summed E-state index contributed by atoms with van der Waals surface area (Å²) in [6.45, 7) is 5.67. The number of carbonyl (C=O) groups excluding carboxylic acids is 1. The Bertz CT molecular complexity index is 213. The molecule has 1 amide bonds. The van der Waals surface area contributed by atoms with Crippen molar-refractivity contribution in [1.82, 2.24) is 4.90 Å². The van der Waals surface area contributed by atoms with Crippen LogP contribution in [-0.4, -0.2) is 43.7 Å². The summed E-state index contributed by atoms with van der Waals surface area (Å²) >= 11 is 0. The van der Waals surface area contributed by atoms with Crippen molar-refractivity contribution < 1.29 is 9.53 Å². The number of nitrogens with zero attached hydrogens (tertiary/aromatic N) is 1. The highest BCUT2D eigenvalue weighted by Crippen LogP contribution is 2.21. The van der Waals surface area contributed by atoms with Crippen LogP contribution in [0.1, 0.15) is 39.0 Å². The fraction of sp³-hybridized carbons (Fsp3) is 0.923. The standard InChI is InChI=1S/C13H26N2O2/c1-2-3-12-4-8-15(9-5-12)13(16)6-10-17-11-7-14/h12H,2-11,14H2,1H3. The molecule has 0 aromatic heterocycles. The van der Waals surface area contributed by atoms with Crippen LogP contribution in [0.25, 0.3) is 0 Å². The van der Waals surface area contributed by atoms with Gasteiger partial charge in [-0.1, -0.05) is 19.8 Å². The third-order valence-corrected chi connectivity index (χ3v) is 3.39. The third-order valence-electron chi connectivity index (χ3n) is 3.39. The number of piperidine rings is 1. The Hall–Kier alpha value is -0.610. The summed E-state index contributed by atoms with van der Waals surface area (Å²) in [5.74, 6) is 1.06. The van der Waals surface area contributed by atoms with Crippen molar-refractivity contribution in [2.24, 2.45) is 11.7 Å². The normalized spacial score (nSPS) is 17.4. The van der Waals surface area contributed by atoms with E-state index in [4.69, 9.17) is 10.5 Å². The Kier molecular flexibility index (Phi) is 7.21. The summed E-state index contributed by atoms with van der Waals surface area (Å²) in [7, 11) is 0. The summed E-state index contributed by atoms with van der Waals surface area (Å²) in [4.78, 5) is 13.8. The Labute approximate surface area is 104 Å². The van der Waals surface area contributed by atoms with E-state index in [9.17, 15) is 4.79 Å². The number of carbonyl (C=O) groups is 1. The fourth-order valence-electron chi connectivity index (χ4n) is 2.38. The number of hydrogen-bond acceptors (Lipinski definition) is 3. The molecule has 1 rings (SSSR count). The molecule has 4 nitrogen and oxygen atoms in total. The zero-order valence-electron chi connectivity index (χ0n) is 11.0. The van der Waals surface area contributed by atoms with E-state index in [1.54, 1.807) is 0 Å². The zero-order chi connectivity index (χ0) is 12.5. The van der Waals surface area contributed by atoms with Crippen LogP contribution >= 0.6 is 0 Å². The van der Waals surface area contributed by atoms with Gasteiger partial charge in [-0.05, 0) is 18.8 Å². The van der Waals surface area contributed by atoms with Crippen LogP contribution in [0.4, 0.5) is 0 Å². The Morgan fingerprint density at radius 1 is 1.35 bits per heavy atom. The van der Waals surface area contributed by atoms with Gasteiger partial charge >= 0.3 is 0 Å². The van der Waals surface area contributed by atoms with Crippen LogP contribution < -0.4 is 5.73 Å². The van der Waals surface area contributed by atoms with Gasteiger partial charge in [0.25, 0.3) is 0 Å². The second kappa shape index (κ2) is 8.48. The molecule has 0 radical (unpaired) electrons. The average molecular weight is 242 g/mol.